The Kier molecular flexibility index (Phi) is 5.27. The fourth-order valence-corrected chi connectivity index (χ4v) is 2.90. The molecule has 2 aliphatic heterocycles. The van der Waals surface area contributed by atoms with Crippen LogP contribution in [0.5, 0.6) is 5.75 Å². The molecule has 0 N–H and O–H groups in total. The molecule has 1 fully saturated rings. The molecule has 2 aliphatic rings. The summed E-state index contributed by atoms with van der Waals surface area (Å²) in [6.45, 7) is 6.22. The van der Waals surface area contributed by atoms with E-state index in [1.807, 2.05) is 0 Å². The van der Waals surface area contributed by atoms with Gasteiger partial charge in [0.2, 0.25) is 0 Å². The van der Waals surface area contributed by atoms with Gasteiger partial charge in [0.25, 0.3) is 11.8 Å². The largest absolute Gasteiger partial charge is 0.494 e. The van der Waals surface area contributed by atoms with Crippen LogP contribution < -0.4 is 9.64 Å². The summed E-state index contributed by atoms with van der Waals surface area (Å²) in [5, 5.41) is 0. The number of carbonyl (C=O) groups is 2. The molecule has 3 rings (SSSR count). The third-order valence-corrected chi connectivity index (χ3v) is 4.39. The zero-order valence-corrected chi connectivity index (χ0v) is 14.0. The summed E-state index contributed by atoms with van der Waals surface area (Å²) in [7, 11) is 2.16. The fraction of sp³-hybridized carbons (Fsp3) is 0.444. The highest BCUT2D eigenvalue weighted by atomic mass is 16.5. The molecule has 2 heterocycles. The Morgan fingerprint density at radius 2 is 1.58 bits per heavy atom. The molecule has 1 aromatic rings. The van der Waals surface area contributed by atoms with E-state index in [1.54, 1.807) is 24.3 Å². The lowest BCUT2D eigenvalue weighted by Gasteiger charge is -2.32. The van der Waals surface area contributed by atoms with Crippen LogP contribution in [0, 0.1) is 0 Å². The fourth-order valence-electron chi connectivity index (χ4n) is 2.90. The number of carbonyl (C=O) groups excluding carboxylic acids is 2. The molecule has 0 atom stereocenters. The molecule has 0 radical (unpaired) electrons. The summed E-state index contributed by atoms with van der Waals surface area (Å²) >= 11 is 0. The van der Waals surface area contributed by atoms with Gasteiger partial charge >= 0.3 is 0 Å². The Morgan fingerprint density at radius 1 is 0.958 bits per heavy atom. The number of ether oxygens (including phenoxy) is 1. The highest BCUT2D eigenvalue weighted by Gasteiger charge is 2.24. The van der Waals surface area contributed by atoms with Gasteiger partial charge in [0.1, 0.15) is 5.75 Å². The van der Waals surface area contributed by atoms with Crippen molar-refractivity contribution >= 4 is 17.5 Å². The predicted octanol–water partition coefficient (Wildman–Crippen LogP) is 1.13. The number of rotatable bonds is 6. The number of anilines is 1. The molecule has 128 valence electrons. The minimum Gasteiger partial charge on any atom is -0.494 e. The molecule has 6 nitrogen and oxygen atoms in total. The first-order valence-corrected chi connectivity index (χ1v) is 8.33. The molecule has 2 amide bonds. The monoisotopic (exact) mass is 329 g/mol. The maximum atomic E-state index is 11.6. The zero-order chi connectivity index (χ0) is 16.9. The van der Waals surface area contributed by atoms with Crippen LogP contribution in [0.25, 0.3) is 0 Å². The third-order valence-electron chi connectivity index (χ3n) is 4.39. The molecule has 24 heavy (non-hydrogen) atoms. The van der Waals surface area contributed by atoms with Crippen molar-refractivity contribution in [3.05, 3.63) is 36.4 Å². The van der Waals surface area contributed by atoms with Gasteiger partial charge in [-0.1, -0.05) is 0 Å². The maximum absolute atomic E-state index is 11.6. The lowest BCUT2D eigenvalue weighted by molar-refractivity contribution is -0.119. The van der Waals surface area contributed by atoms with E-state index in [4.69, 9.17) is 4.74 Å². The van der Waals surface area contributed by atoms with E-state index in [-0.39, 0.29) is 11.8 Å². The SMILES string of the molecule is CN1CCN(CCCOc2ccc(N3C(=O)C=CC3=O)cc2)CC1. The van der Waals surface area contributed by atoms with Crippen molar-refractivity contribution in [3.63, 3.8) is 0 Å². The highest BCUT2D eigenvalue weighted by molar-refractivity contribution is 6.28. The molecule has 0 bridgehead atoms. The topological polar surface area (TPSA) is 53.1 Å². The second kappa shape index (κ2) is 7.59. The highest BCUT2D eigenvalue weighted by Crippen LogP contribution is 2.22. The van der Waals surface area contributed by atoms with Crippen molar-refractivity contribution in [2.75, 3.05) is 51.3 Å². The van der Waals surface area contributed by atoms with Crippen LogP contribution in [0.3, 0.4) is 0 Å². The summed E-state index contributed by atoms with van der Waals surface area (Å²) in [5.74, 6) is 0.144. The quantitative estimate of drug-likeness (QED) is 0.578. The predicted molar refractivity (Wildman–Crippen MR) is 92.1 cm³/mol. The minimum atomic E-state index is -0.305. The van der Waals surface area contributed by atoms with Crippen molar-refractivity contribution in [2.45, 2.75) is 6.42 Å². The van der Waals surface area contributed by atoms with Gasteiger partial charge in [-0.25, -0.2) is 4.90 Å². The Bertz CT molecular complexity index is 601. The Labute approximate surface area is 142 Å². The number of amides is 2. The van der Waals surface area contributed by atoms with E-state index in [0.29, 0.717) is 12.3 Å². The number of likely N-dealkylation sites (N-methyl/N-ethyl adjacent to an activating group) is 1. The van der Waals surface area contributed by atoms with Gasteiger partial charge in [0.15, 0.2) is 0 Å². The molecule has 1 saturated heterocycles. The van der Waals surface area contributed by atoms with Gasteiger partial charge in [-0.3, -0.25) is 9.59 Å². The van der Waals surface area contributed by atoms with Gasteiger partial charge in [-0.15, -0.1) is 0 Å². The smallest absolute Gasteiger partial charge is 0.258 e. The van der Waals surface area contributed by atoms with Gasteiger partial charge in [0.05, 0.1) is 12.3 Å². The Balaban J connectivity index is 1.42. The molecule has 0 saturated carbocycles. The van der Waals surface area contributed by atoms with Crippen LogP contribution in [-0.2, 0) is 9.59 Å². The number of nitrogens with zero attached hydrogens (tertiary/aromatic N) is 3. The van der Waals surface area contributed by atoms with Crippen molar-refractivity contribution < 1.29 is 14.3 Å². The van der Waals surface area contributed by atoms with E-state index in [0.717, 1.165) is 49.8 Å². The van der Waals surface area contributed by atoms with Crippen molar-refractivity contribution in [1.29, 1.82) is 0 Å². The average molecular weight is 329 g/mol. The van der Waals surface area contributed by atoms with Crippen LogP contribution in [0.4, 0.5) is 5.69 Å². The van der Waals surface area contributed by atoms with E-state index < -0.39 is 0 Å². The van der Waals surface area contributed by atoms with Gasteiger partial charge in [0, 0.05) is 44.9 Å². The molecule has 0 aromatic heterocycles. The maximum Gasteiger partial charge on any atom is 0.258 e. The summed E-state index contributed by atoms with van der Waals surface area (Å²) in [5.41, 5.74) is 0.569. The van der Waals surface area contributed by atoms with Crippen LogP contribution in [-0.4, -0.2) is 68.0 Å². The van der Waals surface area contributed by atoms with Crippen molar-refractivity contribution in [2.24, 2.45) is 0 Å². The Hall–Kier alpha value is -2.18. The first-order valence-electron chi connectivity index (χ1n) is 8.33. The van der Waals surface area contributed by atoms with Gasteiger partial charge < -0.3 is 14.5 Å². The summed E-state index contributed by atoms with van der Waals surface area (Å²) in [6.07, 6.45) is 3.55. The Morgan fingerprint density at radius 3 is 2.21 bits per heavy atom. The summed E-state index contributed by atoms with van der Waals surface area (Å²) in [6, 6.07) is 7.06. The molecule has 6 heteroatoms. The normalized spacial score (nSPS) is 19.3. The molecular weight excluding hydrogens is 306 g/mol. The molecular formula is C18H23N3O3. The van der Waals surface area contributed by atoms with Gasteiger partial charge in [-0.05, 0) is 37.7 Å². The number of imide groups is 1. The van der Waals surface area contributed by atoms with Crippen LogP contribution >= 0.6 is 0 Å². The lowest BCUT2D eigenvalue weighted by atomic mass is 10.2. The van der Waals surface area contributed by atoms with Crippen LogP contribution in [0.2, 0.25) is 0 Å². The zero-order valence-electron chi connectivity index (χ0n) is 14.0. The van der Waals surface area contributed by atoms with E-state index >= 15 is 0 Å². The first-order chi connectivity index (χ1) is 11.6. The van der Waals surface area contributed by atoms with Gasteiger partial charge in [-0.2, -0.15) is 0 Å². The second-order valence-corrected chi connectivity index (χ2v) is 6.19. The van der Waals surface area contributed by atoms with Crippen molar-refractivity contribution in [3.8, 4) is 5.75 Å². The van der Waals surface area contributed by atoms with E-state index in [9.17, 15) is 9.59 Å². The van der Waals surface area contributed by atoms with Crippen molar-refractivity contribution in [1.82, 2.24) is 9.80 Å². The standard InChI is InChI=1S/C18H23N3O3/c1-19-10-12-20(13-11-19)9-2-14-24-16-5-3-15(4-6-16)21-17(22)7-8-18(21)23/h3-8H,2,9-14H2,1H3. The number of hydrogen-bond donors (Lipinski definition) is 0. The van der Waals surface area contributed by atoms with E-state index in [1.165, 1.54) is 12.2 Å². The summed E-state index contributed by atoms with van der Waals surface area (Å²) in [4.78, 5) is 29.2. The third kappa shape index (κ3) is 4.01. The molecule has 0 unspecified atom stereocenters. The molecule has 0 aliphatic carbocycles. The first kappa shape index (κ1) is 16.7. The van der Waals surface area contributed by atoms with Crippen LogP contribution in [0.1, 0.15) is 6.42 Å². The lowest BCUT2D eigenvalue weighted by Crippen LogP contribution is -2.44. The number of hydrogen-bond acceptors (Lipinski definition) is 5. The molecule has 0 spiro atoms. The van der Waals surface area contributed by atoms with E-state index in [2.05, 4.69) is 16.8 Å². The number of piperazine rings is 1. The second-order valence-electron chi connectivity index (χ2n) is 6.19. The average Bonchev–Trinajstić information content (AvgIpc) is 2.93. The number of benzene rings is 1. The molecule has 1 aromatic carbocycles. The summed E-state index contributed by atoms with van der Waals surface area (Å²) < 4.78 is 5.75. The minimum absolute atomic E-state index is 0.305. The van der Waals surface area contributed by atoms with Crippen LogP contribution in [0.15, 0.2) is 36.4 Å².